The van der Waals surface area contributed by atoms with Crippen molar-refractivity contribution in [2.75, 3.05) is 29.9 Å². The van der Waals surface area contributed by atoms with Crippen LogP contribution >= 0.6 is 0 Å². The molecule has 3 fully saturated rings. The minimum atomic E-state index is -2.97. The number of carbonyl (C=O) groups excluding carboxylic acids is 3. The first-order chi connectivity index (χ1) is 21.0. The van der Waals surface area contributed by atoms with Gasteiger partial charge in [-0.25, -0.2) is 0 Å². The van der Waals surface area contributed by atoms with Gasteiger partial charge in [0.2, 0.25) is 11.8 Å². The van der Waals surface area contributed by atoms with Crippen molar-refractivity contribution in [1.29, 1.82) is 0 Å². The van der Waals surface area contributed by atoms with Crippen LogP contribution in [0.5, 0.6) is 0 Å². The molecule has 0 aliphatic carbocycles. The van der Waals surface area contributed by atoms with Crippen molar-refractivity contribution in [3.63, 3.8) is 0 Å². The summed E-state index contributed by atoms with van der Waals surface area (Å²) in [4.78, 5) is 56.4. The minimum absolute atomic E-state index is 0.0231. The van der Waals surface area contributed by atoms with E-state index in [2.05, 4.69) is 10.6 Å². The van der Waals surface area contributed by atoms with Crippen molar-refractivity contribution in [3.8, 4) is 0 Å². The van der Waals surface area contributed by atoms with E-state index in [1.807, 2.05) is 68.5 Å². The number of hydrogen-bond acceptors (Lipinski definition) is 7. The lowest BCUT2D eigenvalue weighted by Crippen LogP contribution is -2.46. The van der Waals surface area contributed by atoms with Crippen LogP contribution in [-0.4, -0.2) is 78.7 Å². The number of benzene rings is 2. The van der Waals surface area contributed by atoms with Crippen LogP contribution in [0.1, 0.15) is 50.2 Å². The molecule has 4 N–H and O–H groups in total. The average Bonchev–Trinajstić information content (AvgIpc) is 3.78. The predicted molar refractivity (Wildman–Crippen MR) is 169 cm³/mol. The molecule has 2 aromatic rings. The first kappa shape index (κ1) is 30.9. The molecule has 0 unspecified atom stereocenters. The molecule has 6 rings (SSSR count). The first-order valence-corrected chi connectivity index (χ1v) is 18.9. The second-order valence-corrected chi connectivity index (χ2v) is 17.4. The molecule has 44 heavy (non-hydrogen) atoms. The molecule has 0 aromatic heterocycles. The highest BCUT2D eigenvalue weighted by molar-refractivity contribution is 6.71. The fraction of sp³-hybridized carbons (Fsp3) is 0.545. The number of aliphatic hydroxyl groups excluding tert-OH is 1. The largest absolute Gasteiger partial charge is 0.432 e. The van der Waals surface area contributed by atoms with Gasteiger partial charge in [-0.15, -0.1) is 0 Å². The molecular weight excluding hydrogens is 576 g/mol. The smallest absolute Gasteiger partial charge is 0.264 e. The second-order valence-electron chi connectivity index (χ2n) is 13.4. The van der Waals surface area contributed by atoms with Crippen LogP contribution in [0.15, 0.2) is 48.5 Å². The summed E-state index contributed by atoms with van der Waals surface area (Å²) in [5, 5.41) is 16.1. The van der Waals surface area contributed by atoms with E-state index in [-0.39, 0.29) is 42.8 Å². The Morgan fingerprint density at radius 1 is 1.14 bits per heavy atom. The number of amides is 3. The Bertz CT molecular complexity index is 1410. The van der Waals surface area contributed by atoms with Crippen LogP contribution in [0.3, 0.4) is 0 Å². The lowest BCUT2D eigenvalue weighted by Gasteiger charge is -2.33. The van der Waals surface area contributed by atoms with Gasteiger partial charge in [0.15, 0.2) is 13.9 Å². The molecule has 3 saturated heterocycles. The number of likely N-dealkylation sites (tertiary alicyclic amines) is 1. The van der Waals surface area contributed by atoms with Crippen LogP contribution < -0.4 is 15.5 Å². The molecule has 0 saturated carbocycles. The Morgan fingerprint density at radius 2 is 1.91 bits per heavy atom. The fourth-order valence-corrected chi connectivity index (χ4v) is 10.6. The Kier molecular flexibility index (Phi) is 8.44. The molecule has 10 nitrogen and oxygen atoms in total. The van der Waals surface area contributed by atoms with Gasteiger partial charge < -0.3 is 35.1 Å². The van der Waals surface area contributed by atoms with Crippen LogP contribution in [0.4, 0.5) is 11.4 Å². The number of carbonyl (C=O) groups is 3. The highest BCUT2D eigenvalue weighted by Crippen LogP contribution is 2.60. The summed E-state index contributed by atoms with van der Waals surface area (Å²) in [6, 6.07) is 14.8. The number of nitrogens with zero attached hydrogens (tertiary/aromatic N) is 2. The fourth-order valence-electron chi connectivity index (χ4n) is 8.06. The van der Waals surface area contributed by atoms with E-state index >= 15 is 0 Å². The molecule has 0 radical (unpaired) electrons. The molecule has 3 amide bonds. The Hall–Kier alpha value is -3.09. The van der Waals surface area contributed by atoms with E-state index in [1.165, 1.54) is 0 Å². The molecular formula is C33H44N4O6Si. The number of aliphatic hydroxyl groups is 1. The van der Waals surface area contributed by atoms with Gasteiger partial charge in [0, 0.05) is 29.3 Å². The van der Waals surface area contributed by atoms with Gasteiger partial charge in [0.25, 0.3) is 5.91 Å². The Labute approximate surface area is 259 Å². The first-order valence-electron chi connectivity index (χ1n) is 15.9. The van der Waals surface area contributed by atoms with Crippen LogP contribution in [0.2, 0.25) is 18.6 Å². The third kappa shape index (κ3) is 5.38. The number of fused-ring (bicyclic) bond motifs is 2. The van der Waals surface area contributed by atoms with Gasteiger partial charge in [0.05, 0.1) is 43.4 Å². The number of nitrogens with one attached hydrogen (secondary N) is 2. The average molecular weight is 621 g/mol. The normalized spacial score (nSPS) is 29.9. The molecule has 1 spiro atoms. The topological polar surface area (TPSA) is 131 Å². The Morgan fingerprint density at radius 3 is 2.59 bits per heavy atom. The van der Waals surface area contributed by atoms with Crippen LogP contribution in [0, 0.1) is 5.92 Å². The molecule has 0 bridgehead atoms. The molecule has 4 aliphatic rings. The molecule has 2 aromatic carbocycles. The Balaban J connectivity index is 1.39. The number of hydrogen-bond donors (Lipinski definition) is 4. The third-order valence-corrected chi connectivity index (χ3v) is 12.6. The van der Waals surface area contributed by atoms with Gasteiger partial charge in [-0.2, -0.15) is 0 Å². The van der Waals surface area contributed by atoms with Crippen LogP contribution in [0.25, 0.3) is 0 Å². The lowest BCUT2D eigenvalue weighted by atomic mass is 9.82. The van der Waals surface area contributed by atoms with E-state index in [1.54, 1.807) is 9.80 Å². The van der Waals surface area contributed by atoms with E-state index in [0.29, 0.717) is 30.0 Å². The van der Waals surface area contributed by atoms with E-state index in [9.17, 15) is 24.3 Å². The zero-order valence-electron chi connectivity index (χ0n) is 25.8. The summed E-state index contributed by atoms with van der Waals surface area (Å²) in [6.07, 6.45) is 2.64. The van der Waals surface area contributed by atoms with Crippen molar-refractivity contribution in [3.05, 3.63) is 59.7 Å². The van der Waals surface area contributed by atoms with Gasteiger partial charge in [-0.3, -0.25) is 14.4 Å². The summed E-state index contributed by atoms with van der Waals surface area (Å²) in [6.45, 7) is 7.26. The highest BCUT2D eigenvalue weighted by Gasteiger charge is 2.66. The van der Waals surface area contributed by atoms with E-state index < -0.39 is 31.5 Å². The van der Waals surface area contributed by atoms with Crippen molar-refractivity contribution in [1.82, 2.24) is 10.2 Å². The molecule has 236 valence electrons. The monoisotopic (exact) mass is 620 g/mol. The van der Waals surface area contributed by atoms with Crippen LogP contribution in [-0.2, 0) is 31.3 Å². The zero-order chi connectivity index (χ0) is 31.2. The third-order valence-electron chi connectivity index (χ3n) is 10.1. The maximum atomic E-state index is 14.7. The van der Waals surface area contributed by atoms with Gasteiger partial charge in [-0.1, -0.05) is 37.3 Å². The number of ether oxygens (including phenoxy) is 1. The van der Waals surface area contributed by atoms with Gasteiger partial charge in [-0.05, 0) is 69.1 Å². The highest BCUT2D eigenvalue weighted by atomic mass is 28.4. The quantitative estimate of drug-likeness (QED) is 0.334. The van der Waals surface area contributed by atoms with E-state index in [4.69, 9.17) is 4.74 Å². The standard InChI is InChI=1S/C33H44N4O6Si/c1-21-30(44(2,3)42)28(18-29(39)36-16-8-11-24(36)20-38)43-33(21)25-17-23(35-31(40)26-12-7-15-34-26)13-14-27(25)37(32(33)41)19-22-9-5-4-6-10-22/h4-6,9-10,13-14,17,21,24,26,28,30,34,38,42H,7-8,11-12,15-16,18-20H2,1-3H3,(H,35,40)/t21-,24+,26-,28+,30-,33+/m1/s1. The summed E-state index contributed by atoms with van der Waals surface area (Å²) >= 11 is 0. The summed E-state index contributed by atoms with van der Waals surface area (Å²) in [5.74, 6) is -0.904. The predicted octanol–water partition coefficient (Wildman–Crippen LogP) is 3.10. The zero-order valence-corrected chi connectivity index (χ0v) is 26.8. The molecule has 6 atom stereocenters. The van der Waals surface area contributed by atoms with Crippen molar-refractivity contribution in [2.45, 2.75) is 88.0 Å². The lowest BCUT2D eigenvalue weighted by molar-refractivity contribution is -0.150. The summed E-state index contributed by atoms with van der Waals surface area (Å²) < 4.78 is 6.88. The van der Waals surface area contributed by atoms with E-state index in [0.717, 1.165) is 37.8 Å². The number of anilines is 2. The summed E-state index contributed by atoms with van der Waals surface area (Å²) in [7, 11) is -2.97. The maximum Gasteiger partial charge on any atom is 0.264 e. The number of rotatable bonds is 8. The minimum Gasteiger partial charge on any atom is -0.432 e. The molecule has 4 heterocycles. The van der Waals surface area contributed by atoms with Gasteiger partial charge >= 0.3 is 0 Å². The summed E-state index contributed by atoms with van der Waals surface area (Å²) in [5.41, 5.74) is 1.05. The van der Waals surface area contributed by atoms with Gasteiger partial charge in [0.1, 0.15) is 0 Å². The molecule has 11 heteroatoms. The van der Waals surface area contributed by atoms with Crippen molar-refractivity contribution in [2.24, 2.45) is 5.92 Å². The second kappa shape index (κ2) is 12.0. The van der Waals surface area contributed by atoms with Crippen molar-refractivity contribution < 1.29 is 29.0 Å². The van der Waals surface area contributed by atoms with Crippen molar-refractivity contribution >= 4 is 37.4 Å². The maximum absolute atomic E-state index is 14.7. The molecule has 4 aliphatic heterocycles. The SMILES string of the molecule is C[C@@H]1[C@@H]([Si](C)(C)O)[C@H](CC(=O)N2CCC[C@H]2CO)O[C@@]12C(=O)N(Cc1ccccc1)c1ccc(NC(=O)[C@H]3CCCN3)cc12.